The van der Waals surface area contributed by atoms with E-state index in [0.717, 1.165) is 10.5 Å². The Labute approximate surface area is 256 Å². The van der Waals surface area contributed by atoms with Crippen molar-refractivity contribution in [2.75, 3.05) is 5.32 Å². The number of halogens is 2. The summed E-state index contributed by atoms with van der Waals surface area (Å²) in [6.07, 6.45) is 0.0427. The van der Waals surface area contributed by atoms with E-state index >= 15 is 0 Å². The lowest BCUT2D eigenvalue weighted by Crippen LogP contribution is -2.57. The quantitative estimate of drug-likeness (QED) is 0.129. The van der Waals surface area contributed by atoms with E-state index < -0.39 is 50.3 Å². The van der Waals surface area contributed by atoms with Gasteiger partial charge in [-0.25, -0.2) is 0 Å². The molecule has 0 saturated carbocycles. The summed E-state index contributed by atoms with van der Waals surface area (Å²) in [7, 11) is 0. The molecule has 4 aromatic carbocycles. The maximum absolute atomic E-state index is 14.5. The van der Waals surface area contributed by atoms with Crippen LogP contribution < -0.4 is 5.32 Å². The molecule has 1 N–H and O–H groups in total. The molecule has 8 nitrogen and oxygen atoms in total. The van der Waals surface area contributed by atoms with Crippen molar-refractivity contribution in [3.05, 3.63) is 141 Å². The number of imide groups is 1. The van der Waals surface area contributed by atoms with Crippen LogP contribution in [0.15, 0.2) is 103 Å². The predicted molar refractivity (Wildman–Crippen MR) is 161 cm³/mol. The number of non-ortho nitro benzene ring substituents is 1. The molecule has 214 valence electrons. The van der Waals surface area contributed by atoms with E-state index in [9.17, 15) is 24.5 Å². The highest BCUT2D eigenvalue weighted by Crippen LogP contribution is 2.69. The van der Waals surface area contributed by atoms with Gasteiger partial charge in [-0.1, -0.05) is 78.9 Å². The number of nitrogens with one attached hydrogen (secondary N) is 1. The Morgan fingerprint density at radius 2 is 1.21 bits per heavy atom. The smallest absolute Gasteiger partial charge is 0.269 e. The highest BCUT2D eigenvalue weighted by molar-refractivity contribution is 6.36. The van der Waals surface area contributed by atoms with E-state index in [1.54, 1.807) is 0 Å². The number of hydrogen-bond donors (Lipinski definition) is 1. The first-order valence-electron chi connectivity index (χ1n) is 13.7. The van der Waals surface area contributed by atoms with Crippen LogP contribution in [0.5, 0.6) is 0 Å². The first-order valence-corrected chi connectivity index (χ1v) is 14.5. The van der Waals surface area contributed by atoms with Gasteiger partial charge in [0.1, 0.15) is 15.8 Å². The SMILES string of the molecule is O=C(Nc1ccc([N+](=O)[O-])cc1)[C@H](Cc1ccccc1)N1C(=O)[C@H]2[C@H](C1=O)C1(Cl)c3ccccc3C2(Cl)c2ccccc21. The van der Waals surface area contributed by atoms with Crippen molar-refractivity contribution >= 4 is 52.3 Å². The van der Waals surface area contributed by atoms with Crippen molar-refractivity contribution < 1.29 is 19.3 Å². The van der Waals surface area contributed by atoms with Crippen LogP contribution in [0.3, 0.4) is 0 Å². The number of alkyl halides is 2. The van der Waals surface area contributed by atoms with Gasteiger partial charge in [-0.05, 0) is 39.9 Å². The van der Waals surface area contributed by atoms with E-state index in [1.165, 1.54) is 24.3 Å². The second-order valence-electron chi connectivity index (χ2n) is 11.0. The molecule has 0 aromatic heterocycles. The zero-order valence-corrected chi connectivity index (χ0v) is 24.0. The van der Waals surface area contributed by atoms with Crippen LogP contribution in [0.25, 0.3) is 0 Å². The van der Waals surface area contributed by atoms with Gasteiger partial charge >= 0.3 is 0 Å². The number of carbonyl (C=O) groups excluding carboxylic acids is 3. The standard InChI is InChI=1S/C33H23Cl2N3O5/c34-32-22-10-4-5-11-23(22)33(35,25-13-7-6-12-24(25)32)28-27(32)30(40)37(31(28)41)26(18-19-8-2-1-3-9-19)29(39)36-20-14-16-21(17-15-20)38(42)43/h1-17,26-28H,18H2,(H,36,39)/t26-,27+,28+,32?,33?/m0/s1. The molecule has 1 heterocycles. The second-order valence-corrected chi connectivity index (χ2v) is 12.2. The van der Waals surface area contributed by atoms with Crippen molar-refractivity contribution in [1.29, 1.82) is 0 Å². The summed E-state index contributed by atoms with van der Waals surface area (Å²) in [5.41, 5.74) is 3.57. The molecule has 1 aliphatic heterocycles. The third-order valence-corrected chi connectivity index (χ3v) is 10.1. The van der Waals surface area contributed by atoms with Crippen LogP contribution in [0.4, 0.5) is 11.4 Å². The lowest BCUT2D eigenvalue weighted by atomic mass is 9.54. The third kappa shape index (κ3) is 3.79. The van der Waals surface area contributed by atoms with Crippen LogP contribution in [-0.2, 0) is 30.6 Å². The van der Waals surface area contributed by atoms with Gasteiger partial charge < -0.3 is 5.32 Å². The molecular weight excluding hydrogens is 589 g/mol. The van der Waals surface area contributed by atoms with Gasteiger partial charge in [0, 0.05) is 24.2 Å². The maximum atomic E-state index is 14.5. The Balaban J connectivity index is 1.33. The Kier molecular flexibility index (Phi) is 6.20. The lowest BCUT2D eigenvalue weighted by Gasteiger charge is -2.54. The van der Waals surface area contributed by atoms with Gasteiger partial charge in [0.05, 0.1) is 16.8 Å². The average molecular weight is 612 g/mol. The third-order valence-electron chi connectivity index (χ3n) is 8.85. The topological polar surface area (TPSA) is 110 Å². The molecule has 4 aliphatic rings. The zero-order chi connectivity index (χ0) is 30.1. The number of benzene rings is 4. The molecule has 3 amide bonds. The summed E-state index contributed by atoms with van der Waals surface area (Å²) in [6, 6.07) is 27.9. The van der Waals surface area contributed by atoms with E-state index in [-0.39, 0.29) is 17.8 Å². The number of nitro benzene ring substituents is 1. The molecule has 1 fully saturated rings. The number of anilines is 1. The highest BCUT2D eigenvalue weighted by Gasteiger charge is 2.73. The van der Waals surface area contributed by atoms with Crippen molar-refractivity contribution in [3.63, 3.8) is 0 Å². The molecular formula is C33H23Cl2N3O5. The van der Waals surface area contributed by atoms with E-state index in [0.29, 0.717) is 22.3 Å². The van der Waals surface area contributed by atoms with Gasteiger partial charge in [0.25, 0.3) is 5.69 Å². The van der Waals surface area contributed by atoms with E-state index in [2.05, 4.69) is 5.32 Å². The van der Waals surface area contributed by atoms with Gasteiger partial charge in [-0.3, -0.25) is 29.4 Å². The molecule has 2 bridgehead atoms. The number of hydrogen-bond acceptors (Lipinski definition) is 5. The lowest BCUT2D eigenvalue weighted by molar-refractivity contribution is -0.384. The fourth-order valence-corrected chi connectivity index (χ4v) is 8.12. The molecule has 1 saturated heterocycles. The number of carbonyl (C=O) groups is 3. The van der Waals surface area contributed by atoms with Crippen molar-refractivity contribution in [1.82, 2.24) is 4.90 Å². The molecule has 0 unspecified atom stereocenters. The molecule has 4 aromatic rings. The fourth-order valence-electron chi connectivity index (χ4n) is 7.03. The number of nitro groups is 1. The van der Waals surface area contributed by atoms with Crippen LogP contribution in [0, 0.1) is 22.0 Å². The van der Waals surface area contributed by atoms with E-state index in [1.807, 2.05) is 78.9 Å². The summed E-state index contributed by atoms with van der Waals surface area (Å²) in [5.74, 6) is -3.85. The average Bonchev–Trinajstić information content (AvgIpc) is 3.30. The normalized spacial score (nSPS) is 25.5. The van der Waals surface area contributed by atoms with Crippen LogP contribution >= 0.6 is 23.2 Å². The minimum atomic E-state index is -1.37. The van der Waals surface area contributed by atoms with Crippen LogP contribution in [0.1, 0.15) is 27.8 Å². The Hall–Kier alpha value is -4.53. The van der Waals surface area contributed by atoms with Gasteiger partial charge in [-0.2, -0.15) is 0 Å². The fraction of sp³-hybridized carbons (Fsp3) is 0.182. The molecule has 0 spiro atoms. The summed E-state index contributed by atoms with van der Waals surface area (Å²) >= 11 is 15.1. The first-order chi connectivity index (χ1) is 20.7. The molecule has 8 rings (SSSR count). The summed E-state index contributed by atoms with van der Waals surface area (Å²) < 4.78 is 0. The van der Waals surface area contributed by atoms with Crippen molar-refractivity contribution in [2.24, 2.45) is 11.8 Å². The first kappa shape index (κ1) is 27.3. The van der Waals surface area contributed by atoms with Gasteiger partial charge in [0.15, 0.2) is 0 Å². The highest BCUT2D eigenvalue weighted by atomic mass is 35.5. The number of likely N-dealkylation sites (tertiary alicyclic amines) is 1. The number of rotatable bonds is 6. The second kappa shape index (κ2) is 9.76. The molecule has 43 heavy (non-hydrogen) atoms. The Morgan fingerprint density at radius 3 is 1.65 bits per heavy atom. The molecule has 0 radical (unpaired) electrons. The van der Waals surface area contributed by atoms with E-state index in [4.69, 9.17) is 23.2 Å². The van der Waals surface area contributed by atoms with Crippen LogP contribution in [-0.4, -0.2) is 33.6 Å². The molecule has 3 aliphatic carbocycles. The maximum Gasteiger partial charge on any atom is 0.269 e. The minimum absolute atomic E-state index is 0.0427. The van der Waals surface area contributed by atoms with Crippen LogP contribution in [0.2, 0.25) is 0 Å². The summed E-state index contributed by atoms with van der Waals surface area (Å²) in [4.78, 5) is 51.8. The zero-order valence-electron chi connectivity index (χ0n) is 22.4. The Morgan fingerprint density at radius 1 is 0.767 bits per heavy atom. The molecule has 3 atom stereocenters. The number of nitrogens with zero attached hydrogens (tertiary/aromatic N) is 2. The minimum Gasteiger partial charge on any atom is -0.324 e. The van der Waals surface area contributed by atoms with Crippen molar-refractivity contribution in [3.8, 4) is 0 Å². The molecule has 10 heteroatoms. The summed E-state index contributed by atoms with van der Waals surface area (Å²) in [5, 5.41) is 13.8. The summed E-state index contributed by atoms with van der Waals surface area (Å²) in [6.45, 7) is 0. The van der Waals surface area contributed by atoms with Crippen molar-refractivity contribution in [2.45, 2.75) is 22.2 Å². The largest absolute Gasteiger partial charge is 0.324 e. The monoisotopic (exact) mass is 611 g/mol. The van der Waals surface area contributed by atoms with Gasteiger partial charge in [0.2, 0.25) is 17.7 Å². The predicted octanol–water partition coefficient (Wildman–Crippen LogP) is 5.74. The van der Waals surface area contributed by atoms with Gasteiger partial charge in [-0.15, -0.1) is 23.2 Å². The Bertz CT molecular complexity index is 1710. The number of amides is 3.